The maximum absolute atomic E-state index is 13.5. The molecule has 1 saturated heterocycles. The summed E-state index contributed by atoms with van der Waals surface area (Å²) in [5, 5.41) is 4.09. The molecule has 30 heavy (non-hydrogen) atoms. The Bertz CT molecular complexity index is 1120. The minimum absolute atomic E-state index is 0.0364. The third-order valence-corrected chi connectivity index (χ3v) is 6.02. The van der Waals surface area contributed by atoms with E-state index in [0.29, 0.717) is 31.7 Å². The summed E-state index contributed by atoms with van der Waals surface area (Å²) in [4.78, 5) is 28.6. The number of H-pyrrole nitrogens is 1. The van der Waals surface area contributed by atoms with Crippen LogP contribution in [0.1, 0.15) is 44.7 Å². The second kappa shape index (κ2) is 7.73. The van der Waals surface area contributed by atoms with E-state index in [4.69, 9.17) is 4.74 Å². The van der Waals surface area contributed by atoms with Crippen molar-refractivity contribution >= 4 is 22.5 Å². The van der Waals surface area contributed by atoms with Crippen LogP contribution in [0.3, 0.4) is 0 Å². The molecule has 1 amide bonds. The van der Waals surface area contributed by atoms with Crippen molar-refractivity contribution in [2.75, 3.05) is 18.5 Å². The number of ether oxygens (including phenoxy) is 1. The molecule has 0 spiro atoms. The molecule has 0 unspecified atom stereocenters. The lowest BCUT2D eigenvalue weighted by atomic mass is 9.73. The average Bonchev–Trinajstić information content (AvgIpc) is 2.73. The summed E-state index contributed by atoms with van der Waals surface area (Å²) in [6.45, 7) is 7.38. The average molecular weight is 405 g/mol. The van der Waals surface area contributed by atoms with Gasteiger partial charge in [-0.25, -0.2) is 0 Å². The van der Waals surface area contributed by atoms with Crippen LogP contribution >= 0.6 is 0 Å². The standard InChI is InChI=1S/C25H28N2O3/c1-24(2,3)20-16-22(28)27-21-15-18(9-10-19(20)21)26-23(29)25(11-13-30-14-12-25)17-7-5-4-6-8-17/h4-10,15-16H,11-14H2,1-3H3,(H,26,29)(H,27,28). The molecule has 0 saturated carbocycles. The van der Waals surface area contributed by atoms with Crippen LogP contribution in [-0.2, 0) is 20.4 Å². The van der Waals surface area contributed by atoms with Crippen molar-refractivity contribution in [3.63, 3.8) is 0 Å². The van der Waals surface area contributed by atoms with Gasteiger partial charge in [-0.1, -0.05) is 57.2 Å². The lowest BCUT2D eigenvalue weighted by Crippen LogP contribution is -2.44. The van der Waals surface area contributed by atoms with Gasteiger partial charge in [0.15, 0.2) is 0 Å². The summed E-state index contributed by atoms with van der Waals surface area (Å²) < 4.78 is 5.54. The number of anilines is 1. The Labute approximate surface area is 176 Å². The number of rotatable bonds is 3. The molecule has 2 N–H and O–H groups in total. The Morgan fingerprint density at radius 3 is 2.40 bits per heavy atom. The monoisotopic (exact) mass is 404 g/mol. The molecule has 1 fully saturated rings. The fourth-order valence-corrected chi connectivity index (χ4v) is 4.33. The van der Waals surface area contributed by atoms with Gasteiger partial charge in [-0.05, 0) is 41.5 Å². The van der Waals surface area contributed by atoms with Crippen molar-refractivity contribution in [2.45, 2.75) is 44.4 Å². The van der Waals surface area contributed by atoms with Gasteiger partial charge in [0.05, 0.1) is 10.9 Å². The number of carbonyl (C=O) groups is 1. The summed E-state index contributed by atoms with van der Waals surface area (Å²) in [6.07, 6.45) is 1.28. The molecule has 0 bridgehead atoms. The van der Waals surface area contributed by atoms with Gasteiger partial charge in [0.25, 0.3) is 0 Å². The molecule has 0 radical (unpaired) electrons. The Morgan fingerprint density at radius 2 is 1.73 bits per heavy atom. The van der Waals surface area contributed by atoms with Crippen molar-refractivity contribution in [3.8, 4) is 0 Å². The normalized spacial score (nSPS) is 16.4. The van der Waals surface area contributed by atoms with Crippen molar-refractivity contribution in [3.05, 3.63) is 76.1 Å². The number of fused-ring (bicyclic) bond motifs is 1. The van der Waals surface area contributed by atoms with E-state index in [1.54, 1.807) is 6.07 Å². The molecule has 156 valence electrons. The van der Waals surface area contributed by atoms with Crippen molar-refractivity contribution in [1.29, 1.82) is 0 Å². The fraction of sp³-hybridized carbons (Fsp3) is 0.360. The van der Waals surface area contributed by atoms with Crippen LogP contribution in [0.5, 0.6) is 0 Å². The smallest absolute Gasteiger partial charge is 0.248 e. The zero-order valence-corrected chi connectivity index (χ0v) is 17.7. The Morgan fingerprint density at radius 1 is 1.03 bits per heavy atom. The van der Waals surface area contributed by atoms with Crippen LogP contribution in [0.25, 0.3) is 10.9 Å². The number of amides is 1. The van der Waals surface area contributed by atoms with E-state index in [1.807, 2.05) is 48.5 Å². The first kappa shape index (κ1) is 20.4. The third-order valence-electron chi connectivity index (χ3n) is 6.02. The largest absolute Gasteiger partial charge is 0.381 e. The van der Waals surface area contributed by atoms with Gasteiger partial charge in [-0.2, -0.15) is 0 Å². The number of nitrogens with one attached hydrogen (secondary N) is 2. The van der Waals surface area contributed by atoms with Crippen LogP contribution < -0.4 is 10.9 Å². The van der Waals surface area contributed by atoms with Crippen LogP contribution in [0.2, 0.25) is 0 Å². The molecule has 1 aliphatic rings. The topological polar surface area (TPSA) is 71.2 Å². The van der Waals surface area contributed by atoms with Crippen LogP contribution in [0.4, 0.5) is 5.69 Å². The molecule has 0 atom stereocenters. The lowest BCUT2D eigenvalue weighted by Gasteiger charge is -2.36. The summed E-state index contributed by atoms with van der Waals surface area (Å²) >= 11 is 0. The third kappa shape index (κ3) is 3.77. The van der Waals surface area contributed by atoms with Gasteiger partial charge in [0.1, 0.15) is 0 Å². The van der Waals surface area contributed by atoms with Crippen molar-refractivity contribution in [2.24, 2.45) is 0 Å². The number of aromatic nitrogens is 1. The molecular weight excluding hydrogens is 376 g/mol. The highest BCUT2D eigenvalue weighted by Crippen LogP contribution is 2.36. The summed E-state index contributed by atoms with van der Waals surface area (Å²) in [5.74, 6) is -0.0364. The quantitative estimate of drug-likeness (QED) is 0.675. The summed E-state index contributed by atoms with van der Waals surface area (Å²) in [5.41, 5.74) is 2.49. The molecule has 0 aliphatic carbocycles. The molecule has 1 aliphatic heterocycles. The Hall–Kier alpha value is -2.92. The molecule has 5 nitrogen and oxygen atoms in total. The van der Waals surface area contributed by atoms with E-state index >= 15 is 0 Å². The number of hydrogen-bond donors (Lipinski definition) is 2. The molecule has 2 heterocycles. The lowest BCUT2D eigenvalue weighted by molar-refractivity contribution is -0.125. The van der Waals surface area contributed by atoms with E-state index in [1.165, 1.54) is 0 Å². The van der Waals surface area contributed by atoms with Gasteiger partial charge >= 0.3 is 0 Å². The highest BCUT2D eigenvalue weighted by molar-refractivity contribution is 6.00. The first-order valence-corrected chi connectivity index (χ1v) is 10.4. The number of aromatic amines is 1. The summed E-state index contributed by atoms with van der Waals surface area (Å²) in [6, 6.07) is 17.3. The fourth-order valence-electron chi connectivity index (χ4n) is 4.33. The highest BCUT2D eigenvalue weighted by Gasteiger charge is 2.41. The van der Waals surface area contributed by atoms with Crippen LogP contribution in [-0.4, -0.2) is 24.1 Å². The van der Waals surface area contributed by atoms with Crippen LogP contribution in [0.15, 0.2) is 59.4 Å². The van der Waals surface area contributed by atoms with Crippen molar-refractivity contribution in [1.82, 2.24) is 4.98 Å². The Balaban J connectivity index is 1.71. The van der Waals surface area contributed by atoms with E-state index in [9.17, 15) is 9.59 Å². The second-order valence-electron chi connectivity index (χ2n) is 9.07. The van der Waals surface area contributed by atoms with E-state index in [0.717, 1.165) is 22.0 Å². The predicted molar refractivity (Wildman–Crippen MR) is 120 cm³/mol. The first-order chi connectivity index (χ1) is 14.3. The second-order valence-corrected chi connectivity index (χ2v) is 9.07. The molecular formula is C25H28N2O3. The van der Waals surface area contributed by atoms with Crippen molar-refractivity contribution < 1.29 is 9.53 Å². The zero-order chi connectivity index (χ0) is 21.4. The van der Waals surface area contributed by atoms with Crippen LogP contribution in [0, 0.1) is 0 Å². The van der Waals surface area contributed by atoms with Gasteiger partial charge in [-0.3, -0.25) is 9.59 Å². The number of pyridine rings is 1. The van der Waals surface area contributed by atoms with Gasteiger partial charge in [-0.15, -0.1) is 0 Å². The van der Waals surface area contributed by atoms with E-state index in [-0.39, 0.29) is 16.9 Å². The maximum Gasteiger partial charge on any atom is 0.248 e. The first-order valence-electron chi connectivity index (χ1n) is 10.4. The van der Waals surface area contributed by atoms with E-state index in [2.05, 4.69) is 31.1 Å². The zero-order valence-electron chi connectivity index (χ0n) is 17.7. The molecule has 4 rings (SSSR count). The Kier molecular flexibility index (Phi) is 5.24. The van der Waals surface area contributed by atoms with E-state index < -0.39 is 5.41 Å². The predicted octanol–water partition coefficient (Wildman–Crippen LogP) is 4.51. The highest BCUT2D eigenvalue weighted by atomic mass is 16.5. The van der Waals surface area contributed by atoms with Gasteiger partial charge in [0.2, 0.25) is 11.5 Å². The number of carbonyl (C=O) groups excluding carboxylic acids is 1. The molecule has 3 aromatic rings. The number of hydrogen-bond acceptors (Lipinski definition) is 3. The van der Waals surface area contributed by atoms with Gasteiger partial charge < -0.3 is 15.0 Å². The number of benzene rings is 2. The minimum Gasteiger partial charge on any atom is -0.381 e. The molecule has 2 aromatic carbocycles. The maximum atomic E-state index is 13.5. The minimum atomic E-state index is -0.616. The summed E-state index contributed by atoms with van der Waals surface area (Å²) in [7, 11) is 0. The molecule has 1 aromatic heterocycles. The molecule has 5 heteroatoms. The SMILES string of the molecule is CC(C)(C)c1cc(=O)[nH]c2cc(NC(=O)C3(c4ccccc4)CCOCC3)ccc12. The van der Waals surface area contributed by atoms with Gasteiger partial charge in [0, 0.05) is 30.4 Å².